The van der Waals surface area contributed by atoms with Crippen LogP contribution >= 0.6 is 0 Å². The van der Waals surface area contributed by atoms with E-state index in [1.54, 1.807) is 0 Å². The van der Waals surface area contributed by atoms with E-state index in [4.69, 9.17) is 9.84 Å². The van der Waals surface area contributed by atoms with Gasteiger partial charge in [0.25, 0.3) is 0 Å². The quantitative estimate of drug-likeness (QED) is 0.542. The van der Waals surface area contributed by atoms with Crippen LogP contribution < -0.4 is 10.1 Å². The van der Waals surface area contributed by atoms with Crippen molar-refractivity contribution in [2.24, 2.45) is 0 Å². The smallest absolute Gasteiger partial charge is 0.119 e. The zero-order valence-corrected chi connectivity index (χ0v) is 13.4. The minimum absolute atomic E-state index is 0.320. The second-order valence-corrected chi connectivity index (χ2v) is 5.51. The Balaban J connectivity index is 2.07. The van der Waals surface area contributed by atoms with Crippen molar-refractivity contribution in [2.75, 3.05) is 19.8 Å². The maximum absolute atomic E-state index is 8.69. The van der Waals surface area contributed by atoms with Crippen LogP contribution in [-0.4, -0.2) is 24.9 Å². The van der Waals surface area contributed by atoms with E-state index >= 15 is 0 Å². The number of ether oxygens (including phenoxy) is 1. The molecule has 0 atom stereocenters. The van der Waals surface area contributed by atoms with Crippen molar-refractivity contribution >= 4 is 0 Å². The van der Waals surface area contributed by atoms with Gasteiger partial charge in [0, 0.05) is 13.2 Å². The number of unbranched alkanes of at least 4 members (excludes halogenated alkanes) is 5. The Kier molecular flexibility index (Phi) is 10.8. The van der Waals surface area contributed by atoms with Gasteiger partial charge in [0.05, 0.1) is 6.61 Å². The molecule has 0 spiro atoms. The van der Waals surface area contributed by atoms with Crippen molar-refractivity contribution in [3.63, 3.8) is 0 Å². The highest BCUT2D eigenvalue weighted by molar-refractivity contribution is 5.27. The standard InChI is InChI=1S/C18H31NO2/c1-2-3-8-15-21-18-11-9-17(10-12-18)16-19-13-6-4-5-7-14-20/h9-12,19-20H,2-8,13-16H2,1H3. The second-order valence-electron chi connectivity index (χ2n) is 5.51. The minimum Gasteiger partial charge on any atom is -0.494 e. The fraction of sp³-hybridized carbons (Fsp3) is 0.667. The van der Waals surface area contributed by atoms with Crippen molar-refractivity contribution in [1.82, 2.24) is 5.32 Å². The molecule has 0 radical (unpaired) electrons. The molecule has 1 aromatic carbocycles. The van der Waals surface area contributed by atoms with Gasteiger partial charge in [-0.25, -0.2) is 0 Å². The lowest BCUT2D eigenvalue weighted by molar-refractivity contribution is 0.282. The Morgan fingerprint density at radius 1 is 0.952 bits per heavy atom. The van der Waals surface area contributed by atoms with E-state index in [1.807, 2.05) is 0 Å². The van der Waals surface area contributed by atoms with Crippen LogP contribution in [0.25, 0.3) is 0 Å². The Morgan fingerprint density at radius 2 is 1.71 bits per heavy atom. The van der Waals surface area contributed by atoms with Gasteiger partial charge < -0.3 is 15.2 Å². The SMILES string of the molecule is CCCCCOc1ccc(CNCCCCCCO)cc1. The molecular formula is C18H31NO2. The molecule has 0 aliphatic carbocycles. The highest BCUT2D eigenvalue weighted by atomic mass is 16.5. The van der Waals surface area contributed by atoms with Gasteiger partial charge in [-0.2, -0.15) is 0 Å². The minimum atomic E-state index is 0.320. The van der Waals surface area contributed by atoms with Crippen LogP contribution in [0.1, 0.15) is 57.4 Å². The van der Waals surface area contributed by atoms with Gasteiger partial charge in [-0.05, 0) is 43.5 Å². The van der Waals surface area contributed by atoms with E-state index in [0.29, 0.717) is 6.61 Å². The lowest BCUT2D eigenvalue weighted by atomic mass is 10.2. The van der Waals surface area contributed by atoms with Crippen LogP contribution in [-0.2, 0) is 6.54 Å². The first-order valence-electron chi connectivity index (χ1n) is 8.40. The summed E-state index contributed by atoms with van der Waals surface area (Å²) in [5.74, 6) is 0.971. The molecule has 0 bridgehead atoms. The highest BCUT2D eigenvalue weighted by Gasteiger charge is 1.96. The molecule has 0 amide bonds. The van der Waals surface area contributed by atoms with E-state index in [-0.39, 0.29) is 0 Å². The van der Waals surface area contributed by atoms with E-state index in [1.165, 1.54) is 31.2 Å². The monoisotopic (exact) mass is 293 g/mol. The first-order chi connectivity index (χ1) is 10.4. The zero-order chi connectivity index (χ0) is 15.2. The molecule has 1 rings (SSSR count). The first-order valence-corrected chi connectivity index (χ1v) is 8.40. The molecule has 21 heavy (non-hydrogen) atoms. The van der Waals surface area contributed by atoms with Crippen LogP contribution in [0.4, 0.5) is 0 Å². The van der Waals surface area contributed by atoms with Crippen molar-refractivity contribution in [1.29, 1.82) is 0 Å². The van der Waals surface area contributed by atoms with E-state index in [0.717, 1.165) is 44.7 Å². The Labute approximate surface area is 129 Å². The number of hydrogen-bond donors (Lipinski definition) is 2. The normalized spacial score (nSPS) is 10.8. The molecule has 3 heteroatoms. The lowest BCUT2D eigenvalue weighted by Crippen LogP contribution is -2.14. The lowest BCUT2D eigenvalue weighted by Gasteiger charge is -2.08. The maximum Gasteiger partial charge on any atom is 0.119 e. The van der Waals surface area contributed by atoms with Crippen LogP contribution in [0.2, 0.25) is 0 Å². The van der Waals surface area contributed by atoms with Crippen molar-refractivity contribution < 1.29 is 9.84 Å². The maximum atomic E-state index is 8.69. The molecule has 0 aromatic heterocycles. The summed E-state index contributed by atoms with van der Waals surface area (Å²) in [6, 6.07) is 8.39. The molecule has 0 fully saturated rings. The van der Waals surface area contributed by atoms with Gasteiger partial charge >= 0.3 is 0 Å². The van der Waals surface area contributed by atoms with Crippen molar-refractivity contribution in [3.8, 4) is 5.75 Å². The molecule has 0 saturated heterocycles. The van der Waals surface area contributed by atoms with Gasteiger partial charge in [0.1, 0.15) is 5.75 Å². The summed E-state index contributed by atoms with van der Waals surface area (Å²) in [5, 5.41) is 12.1. The third-order valence-corrected chi connectivity index (χ3v) is 3.53. The zero-order valence-electron chi connectivity index (χ0n) is 13.4. The molecule has 0 saturated carbocycles. The number of nitrogens with one attached hydrogen (secondary N) is 1. The van der Waals surface area contributed by atoms with Crippen LogP contribution in [0.5, 0.6) is 5.75 Å². The van der Waals surface area contributed by atoms with Gasteiger partial charge in [0.15, 0.2) is 0 Å². The average Bonchev–Trinajstić information content (AvgIpc) is 2.52. The molecule has 0 aliphatic rings. The predicted molar refractivity (Wildman–Crippen MR) is 88.7 cm³/mol. The number of rotatable bonds is 13. The van der Waals surface area contributed by atoms with Crippen molar-refractivity contribution in [2.45, 2.75) is 58.4 Å². The van der Waals surface area contributed by atoms with Gasteiger partial charge in [-0.3, -0.25) is 0 Å². The molecule has 1 aromatic rings. The predicted octanol–water partition coefficient (Wildman–Crippen LogP) is 3.90. The summed E-state index contributed by atoms with van der Waals surface area (Å²) < 4.78 is 5.70. The molecule has 120 valence electrons. The van der Waals surface area contributed by atoms with Crippen LogP contribution in [0.15, 0.2) is 24.3 Å². The number of aliphatic hydroxyl groups excluding tert-OH is 1. The fourth-order valence-electron chi connectivity index (χ4n) is 2.19. The van der Waals surface area contributed by atoms with Crippen LogP contribution in [0.3, 0.4) is 0 Å². The topological polar surface area (TPSA) is 41.5 Å². The summed E-state index contributed by atoms with van der Waals surface area (Å²) >= 11 is 0. The number of benzene rings is 1. The first kappa shape index (κ1) is 18.0. The summed E-state index contributed by atoms with van der Waals surface area (Å²) in [5.41, 5.74) is 1.30. The van der Waals surface area contributed by atoms with Crippen LogP contribution in [0, 0.1) is 0 Å². The number of aliphatic hydroxyl groups is 1. The summed E-state index contributed by atoms with van der Waals surface area (Å²) in [4.78, 5) is 0. The Bertz CT molecular complexity index is 338. The highest BCUT2D eigenvalue weighted by Crippen LogP contribution is 2.13. The van der Waals surface area contributed by atoms with Gasteiger partial charge in [-0.15, -0.1) is 0 Å². The molecule has 3 nitrogen and oxygen atoms in total. The third kappa shape index (κ3) is 9.48. The van der Waals surface area contributed by atoms with Gasteiger partial charge in [0.2, 0.25) is 0 Å². The second kappa shape index (κ2) is 12.7. The Hall–Kier alpha value is -1.06. The molecule has 0 heterocycles. The molecule has 0 aliphatic heterocycles. The van der Waals surface area contributed by atoms with E-state index < -0.39 is 0 Å². The van der Waals surface area contributed by atoms with E-state index in [9.17, 15) is 0 Å². The van der Waals surface area contributed by atoms with Gasteiger partial charge in [-0.1, -0.05) is 44.7 Å². The largest absolute Gasteiger partial charge is 0.494 e. The summed E-state index contributed by atoms with van der Waals surface area (Å²) in [6.45, 7) is 5.30. The molecule has 0 unspecified atom stereocenters. The average molecular weight is 293 g/mol. The Morgan fingerprint density at radius 3 is 2.43 bits per heavy atom. The van der Waals surface area contributed by atoms with Crippen molar-refractivity contribution in [3.05, 3.63) is 29.8 Å². The van der Waals surface area contributed by atoms with E-state index in [2.05, 4.69) is 36.5 Å². The number of hydrogen-bond acceptors (Lipinski definition) is 3. The molecular weight excluding hydrogens is 262 g/mol. The summed E-state index contributed by atoms with van der Waals surface area (Å²) in [6.07, 6.45) is 8.03. The summed E-state index contributed by atoms with van der Waals surface area (Å²) in [7, 11) is 0. The third-order valence-electron chi connectivity index (χ3n) is 3.53. The molecule has 2 N–H and O–H groups in total. The fourth-order valence-corrected chi connectivity index (χ4v) is 2.19.